The minimum absolute atomic E-state index is 0.235. The maximum absolute atomic E-state index is 5.83. The molecule has 15 heavy (non-hydrogen) atoms. The monoisotopic (exact) mass is 207 g/mol. The molecular formula is C12H21N3. The van der Waals surface area contributed by atoms with Gasteiger partial charge in [-0.15, -0.1) is 0 Å². The van der Waals surface area contributed by atoms with Crippen molar-refractivity contribution in [2.75, 3.05) is 30.9 Å². The van der Waals surface area contributed by atoms with Gasteiger partial charge in [-0.1, -0.05) is 6.92 Å². The summed E-state index contributed by atoms with van der Waals surface area (Å²) in [4.78, 5) is 2.08. The molecule has 0 aromatic heterocycles. The van der Waals surface area contributed by atoms with Crippen molar-refractivity contribution in [2.24, 2.45) is 5.73 Å². The minimum atomic E-state index is 0.235. The number of benzene rings is 1. The predicted molar refractivity (Wildman–Crippen MR) is 67.5 cm³/mol. The number of nitrogens with one attached hydrogen (secondary N) is 1. The average molecular weight is 207 g/mol. The molecule has 3 nitrogen and oxygen atoms in total. The van der Waals surface area contributed by atoms with Crippen molar-refractivity contribution in [1.82, 2.24) is 0 Å². The molecule has 84 valence electrons. The first-order chi connectivity index (χ1) is 7.13. The van der Waals surface area contributed by atoms with Crippen LogP contribution in [0.5, 0.6) is 0 Å². The van der Waals surface area contributed by atoms with E-state index in [1.165, 1.54) is 5.69 Å². The van der Waals surface area contributed by atoms with E-state index in [0.717, 1.165) is 18.7 Å². The Bertz CT molecular complexity index is 279. The van der Waals surface area contributed by atoms with Crippen molar-refractivity contribution >= 4 is 11.4 Å². The molecule has 0 amide bonds. The highest BCUT2D eigenvalue weighted by atomic mass is 15.1. The second kappa shape index (κ2) is 5.61. The molecule has 0 saturated carbocycles. The van der Waals surface area contributed by atoms with Crippen molar-refractivity contribution in [3.63, 3.8) is 0 Å². The number of nitrogens with two attached hydrogens (primary N) is 1. The Morgan fingerprint density at radius 3 is 2.33 bits per heavy atom. The number of nitrogens with zero attached hydrogens (tertiary/aromatic N) is 1. The van der Waals surface area contributed by atoms with Gasteiger partial charge in [0, 0.05) is 38.1 Å². The minimum Gasteiger partial charge on any atom is -0.383 e. The van der Waals surface area contributed by atoms with Crippen LogP contribution in [0.1, 0.15) is 13.3 Å². The zero-order valence-corrected chi connectivity index (χ0v) is 9.83. The second-order valence-corrected chi connectivity index (χ2v) is 3.99. The zero-order valence-electron chi connectivity index (χ0n) is 9.83. The van der Waals surface area contributed by atoms with E-state index < -0.39 is 0 Å². The fourth-order valence-corrected chi connectivity index (χ4v) is 1.27. The van der Waals surface area contributed by atoms with Crippen LogP contribution in [0.25, 0.3) is 0 Å². The lowest BCUT2D eigenvalue weighted by atomic mass is 10.2. The van der Waals surface area contributed by atoms with E-state index in [0.29, 0.717) is 0 Å². The first kappa shape index (κ1) is 11.9. The molecule has 0 aliphatic carbocycles. The van der Waals surface area contributed by atoms with Crippen LogP contribution in [0.2, 0.25) is 0 Å². The van der Waals surface area contributed by atoms with E-state index in [1.807, 2.05) is 14.1 Å². The van der Waals surface area contributed by atoms with Gasteiger partial charge in [-0.3, -0.25) is 0 Å². The molecule has 1 atom stereocenters. The van der Waals surface area contributed by atoms with Gasteiger partial charge in [0.2, 0.25) is 0 Å². The van der Waals surface area contributed by atoms with Gasteiger partial charge in [-0.05, 0) is 30.7 Å². The topological polar surface area (TPSA) is 41.3 Å². The summed E-state index contributed by atoms with van der Waals surface area (Å²) in [6.07, 6.45) is 1.00. The van der Waals surface area contributed by atoms with Gasteiger partial charge in [-0.2, -0.15) is 0 Å². The number of hydrogen-bond donors (Lipinski definition) is 2. The van der Waals surface area contributed by atoms with Crippen molar-refractivity contribution in [1.29, 1.82) is 0 Å². The summed E-state index contributed by atoms with van der Waals surface area (Å²) in [7, 11) is 4.07. The summed E-state index contributed by atoms with van der Waals surface area (Å²) in [5.41, 5.74) is 8.17. The third-order valence-electron chi connectivity index (χ3n) is 2.48. The standard InChI is InChI=1S/C12H21N3/c1-4-10(13)9-14-11-5-7-12(8-6-11)15(2)3/h5-8,10,14H,4,9,13H2,1-3H3. The smallest absolute Gasteiger partial charge is 0.0362 e. The number of rotatable bonds is 5. The Morgan fingerprint density at radius 1 is 1.27 bits per heavy atom. The first-order valence-corrected chi connectivity index (χ1v) is 5.40. The molecule has 1 aromatic rings. The van der Waals surface area contributed by atoms with Crippen molar-refractivity contribution in [3.05, 3.63) is 24.3 Å². The molecule has 0 heterocycles. The van der Waals surface area contributed by atoms with Crippen LogP contribution >= 0.6 is 0 Å². The third-order valence-corrected chi connectivity index (χ3v) is 2.48. The lowest BCUT2D eigenvalue weighted by Crippen LogP contribution is -2.27. The molecule has 0 bridgehead atoms. The average Bonchev–Trinajstić information content (AvgIpc) is 2.26. The summed E-state index contributed by atoms with van der Waals surface area (Å²) < 4.78 is 0. The Balaban J connectivity index is 2.50. The molecule has 0 saturated heterocycles. The van der Waals surface area contributed by atoms with Gasteiger partial charge in [-0.25, -0.2) is 0 Å². The molecule has 0 spiro atoms. The van der Waals surface area contributed by atoms with Crippen LogP contribution < -0.4 is 16.0 Å². The largest absolute Gasteiger partial charge is 0.383 e. The van der Waals surface area contributed by atoms with E-state index in [2.05, 4.69) is 41.4 Å². The van der Waals surface area contributed by atoms with Gasteiger partial charge in [0.05, 0.1) is 0 Å². The van der Waals surface area contributed by atoms with Crippen molar-refractivity contribution in [2.45, 2.75) is 19.4 Å². The van der Waals surface area contributed by atoms with Gasteiger partial charge < -0.3 is 16.0 Å². The quantitative estimate of drug-likeness (QED) is 0.775. The van der Waals surface area contributed by atoms with Gasteiger partial charge in [0.25, 0.3) is 0 Å². The van der Waals surface area contributed by atoms with Gasteiger partial charge >= 0.3 is 0 Å². The summed E-state index contributed by atoms with van der Waals surface area (Å²) >= 11 is 0. The van der Waals surface area contributed by atoms with E-state index in [1.54, 1.807) is 0 Å². The van der Waals surface area contributed by atoms with E-state index in [9.17, 15) is 0 Å². The molecule has 1 rings (SSSR count). The number of anilines is 2. The van der Waals surface area contributed by atoms with Crippen LogP contribution in [0.15, 0.2) is 24.3 Å². The molecule has 0 aliphatic rings. The molecular weight excluding hydrogens is 186 g/mol. The summed E-state index contributed by atoms with van der Waals surface area (Å²) in [5.74, 6) is 0. The van der Waals surface area contributed by atoms with Crippen LogP contribution in [-0.2, 0) is 0 Å². The van der Waals surface area contributed by atoms with E-state index >= 15 is 0 Å². The van der Waals surface area contributed by atoms with E-state index in [-0.39, 0.29) is 6.04 Å². The Kier molecular flexibility index (Phi) is 4.43. The van der Waals surface area contributed by atoms with Crippen LogP contribution in [0, 0.1) is 0 Å². The molecule has 3 N–H and O–H groups in total. The maximum atomic E-state index is 5.83. The maximum Gasteiger partial charge on any atom is 0.0362 e. The molecule has 0 radical (unpaired) electrons. The Hall–Kier alpha value is -1.22. The molecule has 3 heteroatoms. The summed E-state index contributed by atoms with van der Waals surface area (Å²) in [6, 6.07) is 8.59. The predicted octanol–water partition coefficient (Wildman–Crippen LogP) is 1.90. The highest BCUT2D eigenvalue weighted by Gasteiger charge is 1.99. The molecule has 0 fully saturated rings. The zero-order chi connectivity index (χ0) is 11.3. The lowest BCUT2D eigenvalue weighted by molar-refractivity contribution is 0.679. The fourth-order valence-electron chi connectivity index (χ4n) is 1.27. The molecule has 1 aromatic carbocycles. The molecule has 1 unspecified atom stereocenters. The van der Waals surface area contributed by atoms with Gasteiger partial charge in [0.15, 0.2) is 0 Å². The Morgan fingerprint density at radius 2 is 1.87 bits per heavy atom. The summed E-state index contributed by atoms with van der Waals surface area (Å²) in [5, 5.41) is 3.32. The van der Waals surface area contributed by atoms with Crippen LogP contribution in [0.4, 0.5) is 11.4 Å². The fraction of sp³-hybridized carbons (Fsp3) is 0.500. The lowest BCUT2D eigenvalue weighted by Gasteiger charge is -2.14. The molecule has 0 aliphatic heterocycles. The van der Waals surface area contributed by atoms with Crippen LogP contribution in [0.3, 0.4) is 0 Å². The highest BCUT2D eigenvalue weighted by molar-refractivity contribution is 5.54. The summed E-state index contributed by atoms with van der Waals surface area (Å²) in [6.45, 7) is 2.93. The van der Waals surface area contributed by atoms with E-state index in [4.69, 9.17) is 5.73 Å². The van der Waals surface area contributed by atoms with Crippen LogP contribution in [-0.4, -0.2) is 26.7 Å². The van der Waals surface area contributed by atoms with Gasteiger partial charge in [0.1, 0.15) is 0 Å². The third kappa shape index (κ3) is 3.80. The number of hydrogen-bond acceptors (Lipinski definition) is 3. The first-order valence-electron chi connectivity index (χ1n) is 5.40. The second-order valence-electron chi connectivity index (χ2n) is 3.99. The Labute approximate surface area is 92.3 Å². The normalized spacial score (nSPS) is 12.3. The SMILES string of the molecule is CCC(N)CNc1ccc(N(C)C)cc1. The van der Waals surface area contributed by atoms with Crippen molar-refractivity contribution < 1.29 is 0 Å². The van der Waals surface area contributed by atoms with Crippen molar-refractivity contribution in [3.8, 4) is 0 Å². The highest BCUT2D eigenvalue weighted by Crippen LogP contribution is 2.15.